The fourth-order valence-corrected chi connectivity index (χ4v) is 3.62. The van der Waals surface area contributed by atoms with Gasteiger partial charge in [0.2, 0.25) is 11.8 Å². The first-order valence-corrected chi connectivity index (χ1v) is 10.7. The monoisotopic (exact) mass is 463 g/mol. The number of anilines is 2. The number of carbonyl (C=O) groups excluding carboxylic acids is 2. The first-order valence-electron chi connectivity index (χ1n) is 8.95. The molecule has 2 N–H and O–H groups in total. The van der Waals surface area contributed by atoms with Crippen LogP contribution >= 0.6 is 35.0 Å². The summed E-state index contributed by atoms with van der Waals surface area (Å²) in [5, 5.41) is 15.3. The van der Waals surface area contributed by atoms with Crippen molar-refractivity contribution < 1.29 is 9.59 Å². The lowest BCUT2D eigenvalue weighted by atomic mass is 10.2. The fraction of sp³-hybridized carbons (Fsp3) is 0.200. The second kappa shape index (κ2) is 9.97. The lowest BCUT2D eigenvalue weighted by molar-refractivity contribution is -0.116. The average molecular weight is 464 g/mol. The van der Waals surface area contributed by atoms with E-state index >= 15 is 0 Å². The van der Waals surface area contributed by atoms with Gasteiger partial charge in [0.05, 0.1) is 22.9 Å². The molecule has 0 fully saturated rings. The van der Waals surface area contributed by atoms with Gasteiger partial charge in [-0.1, -0.05) is 53.2 Å². The minimum atomic E-state index is -0.238. The summed E-state index contributed by atoms with van der Waals surface area (Å²) in [5.41, 5.74) is 2.10. The number of amides is 2. The van der Waals surface area contributed by atoms with Crippen molar-refractivity contribution in [3.05, 3.63) is 63.9 Å². The fourth-order valence-electron chi connectivity index (χ4n) is 2.52. The lowest BCUT2D eigenvalue weighted by Gasteiger charge is -2.08. The van der Waals surface area contributed by atoms with Crippen molar-refractivity contribution in [2.75, 3.05) is 16.4 Å². The van der Waals surface area contributed by atoms with Crippen molar-refractivity contribution in [1.82, 2.24) is 14.8 Å². The van der Waals surface area contributed by atoms with Gasteiger partial charge in [-0.3, -0.25) is 9.59 Å². The van der Waals surface area contributed by atoms with Gasteiger partial charge in [0.25, 0.3) is 0 Å². The third kappa shape index (κ3) is 5.75. The summed E-state index contributed by atoms with van der Waals surface area (Å²) in [7, 11) is 1.75. The van der Waals surface area contributed by atoms with Crippen LogP contribution in [0, 0.1) is 6.92 Å². The SMILES string of the molecule is Cc1ccc(NC(=O)Cc2nnc(SCC(=O)Nc3ccccc3Cl)n2C)cc1Cl. The van der Waals surface area contributed by atoms with Gasteiger partial charge in [0.1, 0.15) is 5.82 Å². The Kier molecular flexibility index (Phi) is 7.36. The van der Waals surface area contributed by atoms with E-state index in [-0.39, 0.29) is 24.0 Å². The molecule has 156 valence electrons. The molecule has 0 atom stereocenters. The Hall–Kier alpha value is -2.55. The van der Waals surface area contributed by atoms with Crippen molar-refractivity contribution in [2.24, 2.45) is 7.05 Å². The van der Waals surface area contributed by atoms with Crippen LogP contribution in [0.1, 0.15) is 11.4 Å². The Labute approximate surface area is 188 Å². The summed E-state index contributed by atoms with van der Waals surface area (Å²) in [4.78, 5) is 24.5. The van der Waals surface area contributed by atoms with E-state index in [1.165, 1.54) is 11.8 Å². The quantitative estimate of drug-likeness (QED) is 0.508. The largest absolute Gasteiger partial charge is 0.326 e. The number of aryl methyl sites for hydroxylation is 1. The van der Waals surface area contributed by atoms with Gasteiger partial charge in [-0.05, 0) is 36.8 Å². The summed E-state index contributed by atoms with van der Waals surface area (Å²) in [6.07, 6.45) is 0.0430. The summed E-state index contributed by atoms with van der Waals surface area (Å²) >= 11 is 13.3. The number of thioether (sulfide) groups is 1. The summed E-state index contributed by atoms with van der Waals surface area (Å²) in [6, 6.07) is 12.3. The summed E-state index contributed by atoms with van der Waals surface area (Å²) < 4.78 is 1.69. The van der Waals surface area contributed by atoms with Gasteiger partial charge in [-0.15, -0.1) is 10.2 Å². The molecular weight excluding hydrogens is 445 g/mol. The van der Waals surface area contributed by atoms with E-state index in [0.29, 0.717) is 32.4 Å². The average Bonchev–Trinajstić information content (AvgIpc) is 3.04. The molecule has 0 aliphatic carbocycles. The molecule has 10 heteroatoms. The van der Waals surface area contributed by atoms with Crippen LogP contribution in [-0.4, -0.2) is 32.3 Å². The number of nitrogens with one attached hydrogen (secondary N) is 2. The predicted molar refractivity (Wildman–Crippen MR) is 120 cm³/mol. The molecule has 2 amide bonds. The van der Waals surface area contributed by atoms with Crippen LogP contribution in [0.15, 0.2) is 47.6 Å². The normalized spacial score (nSPS) is 10.7. The molecule has 30 heavy (non-hydrogen) atoms. The van der Waals surface area contributed by atoms with Crippen LogP contribution in [0.4, 0.5) is 11.4 Å². The zero-order valence-electron chi connectivity index (χ0n) is 16.3. The highest BCUT2D eigenvalue weighted by atomic mass is 35.5. The van der Waals surface area contributed by atoms with E-state index in [1.807, 2.05) is 13.0 Å². The van der Waals surface area contributed by atoms with Crippen LogP contribution < -0.4 is 10.6 Å². The molecule has 1 heterocycles. The van der Waals surface area contributed by atoms with Crippen molar-refractivity contribution in [3.63, 3.8) is 0 Å². The second-order valence-electron chi connectivity index (χ2n) is 6.46. The molecule has 0 spiro atoms. The number of para-hydroxylation sites is 1. The van der Waals surface area contributed by atoms with E-state index in [1.54, 1.807) is 48.0 Å². The molecule has 0 aliphatic heterocycles. The number of rotatable bonds is 7. The molecule has 3 rings (SSSR count). The number of nitrogens with zero attached hydrogens (tertiary/aromatic N) is 3. The number of aromatic nitrogens is 3. The minimum absolute atomic E-state index is 0.0430. The number of hydrogen-bond acceptors (Lipinski definition) is 5. The first kappa shape index (κ1) is 22.1. The Balaban J connectivity index is 1.55. The number of benzene rings is 2. The number of hydrogen-bond donors (Lipinski definition) is 2. The van der Waals surface area contributed by atoms with E-state index in [2.05, 4.69) is 20.8 Å². The highest BCUT2D eigenvalue weighted by Gasteiger charge is 2.15. The Bertz CT molecular complexity index is 1090. The van der Waals surface area contributed by atoms with Crippen molar-refractivity contribution in [1.29, 1.82) is 0 Å². The van der Waals surface area contributed by atoms with Crippen molar-refractivity contribution in [2.45, 2.75) is 18.5 Å². The summed E-state index contributed by atoms with van der Waals surface area (Å²) in [5.74, 6) is 0.162. The van der Waals surface area contributed by atoms with E-state index < -0.39 is 0 Å². The molecular formula is C20H19Cl2N5O2S. The van der Waals surface area contributed by atoms with Crippen LogP contribution in [0.5, 0.6) is 0 Å². The van der Waals surface area contributed by atoms with Crippen LogP contribution in [0.2, 0.25) is 10.0 Å². The minimum Gasteiger partial charge on any atom is -0.326 e. The van der Waals surface area contributed by atoms with Crippen molar-refractivity contribution >= 4 is 58.2 Å². The van der Waals surface area contributed by atoms with E-state index in [4.69, 9.17) is 23.2 Å². The Morgan fingerprint density at radius 2 is 1.80 bits per heavy atom. The molecule has 0 radical (unpaired) electrons. The number of carbonyl (C=O) groups is 2. The molecule has 0 aliphatic rings. The molecule has 0 bridgehead atoms. The van der Waals surface area contributed by atoms with Crippen LogP contribution in [0.25, 0.3) is 0 Å². The Morgan fingerprint density at radius 3 is 2.53 bits per heavy atom. The smallest absolute Gasteiger partial charge is 0.234 e. The highest BCUT2D eigenvalue weighted by Crippen LogP contribution is 2.22. The Morgan fingerprint density at radius 1 is 1.03 bits per heavy atom. The maximum atomic E-state index is 12.3. The van der Waals surface area contributed by atoms with E-state index in [0.717, 1.165) is 5.56 Å². The van der Waals surface area contributed by atoms with Gasteiger partial charge < -0.3 is 15.2 Å². The molecule has 3 aromatic rings. The highest BCUT2D eigenvalue weighted by molar-refractivity contribution is 7.99. The first-order chi connectivity index (χ1) is 14.3. The molecule has 1 aromatic heterocycles. The lowest BCUT2D eigenvalue weighted by Crippen LogP contribution is -2.17. The third-order valence-electron chi connectivity index (χ3n) is 4.18. The molecule has 0 unspecified atom stereocenters. The molecule has 2 aromatic carbocycles. The maximum absolute atomic E-state index is 12.3. The second-order valence-corrected chi connectivity index (χ2v) is 8.22. The predicted octanol–water partition coefficient (Wildman–Crippen LogP) is 4.34. The van der Waals surface area contributed by atoms with Gasteiger partial charge in [-0.2, -0.15) is 0 Å². The maximum Gasteiger partial charge on any atom is 0.234 e. The zero-order chi connectivity index (χ0) is 21.7. The number of halogens is 2. The third-order valence-corrected chi connectivity index (χ3v) is 5.94. The summed E-state index contributed by atoms with van der Waals surface area (Å²) in [6.45, 7) is 1.89. The van der Waals surface area contributed by atoms with Crippen molar-refractivity contribution in [3.8, 4) is 0 Å². The van der Waals surface area contributed by atoms with Crippen LogP contribution in [0.3, 0.4) is 0 Å². The van der Waals surface area contributed by atoms with Gasteiger partial charge in [0.15, 0.2) is 5.16 Å². The zero-order valence-corrected chi connectivity index (χ0v) is 18.6. The topological polar surface area (TPSA) is 88.9 Å². The van der Waals surface area contributed by atoms with Gasteiger partial charge in [0, 0.05) is 17.8 Å². The molecule has 0 saturated carbocycles. The molecule has 7 nitrogen and oxygen atoms in total. The molecule has 0 saturated heterocycles. The van der Waals surface area contributed by atoms with Crippen LogP contribution in [-0.2, 0) is 23.1 Å². The van der Waals surface area contributed by atoms with E-state index in [9.17, 15) is 9.59 Å². The van der Waals surface area contributed by atoms with Gasteiger partial charge in [-0.25, -0.2) is 0 Å². The van der Waals surface area contributed by atoms with Gasteiger partial charge >= 0.3 is 0 Å². The standard InChI is InChI=1S/C20H19Cl2N5O2S/c1-12-7-8-13(9-15(12)22)23-18(28)10-17-25-26-20(27(17)2)30-11-19(29)24-16-6-4-3-5-14(16)21/h3-9H,10-11H2,1-2H3,(H,23,28)(H,24,29).